The zero-order chi connectivity index (χ0) is 21.8. The number of anilines is 1. The van der Waals surface area contributed by atoms with Crippen molar-refractivity contribution < 1.29 is 9.18 Å². The van der Waals surface area contributed by atoms with Gasteiger partial charge in [0.2, 0.25) is 5.91 Å². The van der Waals surface area contributed by atoms with Crippen LogP contribution in [0, 0.1) is 5.82 Å². The predicted molar refractivity (Wildman–Crippen MR) is 120 cm³/mol. The van der Waals surface area contributed by atoms with E-state index in [1.54, 1.807) is 0 Å². The highest BCUT2D eigenvalue weighted by molar-refractivity contribution is 7.99. The molecule has 0 atom stereocenters. The fraction of sp³-hybridized carbons (Fsp3) is 0.227. The van der Waals surface area contributed by atoms with Crippen LogP contribution in [-0.2, 0) is 24.3 Å². The zero-order valence-electron chi connectivity index (χ0n) is 16.5. The molecule has 0 aliphatic carbocycles. The minimum absolute atomic E-state index is 0.0524. The Morgan fingerprint density at radius 3 is 2.84 bits per heavy atom. The molecule has 0 fully saturated rings. The number of rotatable bonds is 6. The summed E-state index contributed by atoms with van der Waals surface area (Å²) in [7, 11) is 0. The first-order chi connectivity index (χ1) is 15.0. The van der Waals surface area contributed by atoms with Crippen LogP contribution in [-0.4, -0.2) is 33.1 Å². The third-order valence-electron chi connectivity index (χ3n) is 4.92. The number of fused-ring (bicyclic) bond motifs is 1. The molecular weight excluding hydrogens is 439 g/mol. The summed E-state index contributed by atoms with van der Waals surface area (Å²) < 4.78 is 13.2. The maximum atomic E-state index is 13.2. The number of nitrogens with one attached hydrogen (secondary N) is 2. The van der Waals surface area contributed by atoms with Crippen LogP contribution in [0.2, 0.25) is 5.02 Å². The molecule has 0 unspecified atom stereocenters. The minimum Gasteiger partial charge on any atom is -0.325 e. The molecule has 1 aromatic heterocycles. The molecule has 1 aliphatic heterocycles. The van der Waals surface area contributed by atoms with Gasteiger partial charge in [-0.15, -0.1) is 0 Å². The Labute approximate surface area is 187 Å². The maximum Gasteiger partial charge on any atom is 0.256 e. The average molecular weight is 459 g/mol. The van der Waals surface area contributed by atoms with Gasteiger partial charge in [-0.3, -0.25) is 14.5 Å². The fourth-order valence-electron chi connectivity index (χ4n) is 3.41. The second-order valence-electron chi connectivity index (χ2n) is 7.21. The van der Waals surface area contributed by atoms with E-state index in [9.17, 15) is 14.0 Å². The summed E-state index contributed by atoms with van der Waals surface area (Å²) in [5, 5.41) is 3.00. The van der Waals surface area contributed by atoms with Gasteiger partial charge in [-0.05, 0) is 23.8 Å². The number of hydrogen-bond acceptors (Lipinski definition) is 5. The first-order valence-corrected chi connectivity index (χ1v) is 11.1. The lowest BCUT2D eigenvalue weighted by molar-refractivity contribution is -0.113. The van der Waals surface area contributed by atoms with E-state index in [2.05, 4.69) is 32.3 Å². The molecular formula is C22H20ClFN4O2S. The van der Waals surface area contributed by atoms with Gasteiger partial charge in [0.25, 0.3) is 5.56 Å². The third-order valence-corrected chi connectivity index (χ3v) is 6.08. The maximum absolute atomic E-state index is 13.2. The molecule has 2 N–H and O–H groups in total. The highest BCUT2D eigenvalue weighted by atomic mass is 35.5. The molecule has 2 aromatic carbocycles. The highest BCUT2D eigenvalue weighted by Gasteiger charge is 2.21. The standard InChI is InChI=1S/C22H20ClFN4O2S/c23-17-10-15(6-7-18(17)24)25-20(29)13-31-22-26-19-8-9-28(12-16(19)21(30)27-22)11-14-4-2-1-3-5-14/h1-7,10H,8-9,11-13H2,(H,25,29)(H,26,27,30). The summed E-state index contributed by atoms with van der Waals surface area (Å²) in [6, 6.07) is 14.1. The van der Waals surface area contributed by atoms with Gasteiger partial charge < -0.3 is 10.3 Å². The number of H-pyrrole nitrogens is 1. The quantitative estimate of drug-likeness (QED) is 0.433. The molecule has 0 spiro atoms. The van der Waals surface area contributed by atoms with Crippen LogP contribution in [0.15, 0.2) is 58.5 Å². The molecule has 0 saturated carbocycles. The van der Waals surface area contributed by atoms with E-state index in [0.717, 1.165) is 30.5 Å². The Balaban J connectivity index is 1.36. The number of amides is 1. The van der Waals surface area contributed by atoms with Crippen molar-refractivity contribution in [3.8, 4) is 0 Å². The fourth-order valence-corrected chi connectivity index (χ4v) is 4.27. The molecule has 1 aliphatic rings. The number of carbonyl (C=O) groups is 1. The van der Waals surface area contributed by atoms with Gasteiger partial charge in [-0.25, -0.2) is 9.37 Å². The van der Waals surface area contributed by atoms with Crippen LogP contribution in [0.3, 0.4) is 0 Å². The number of hydrogen-bond donors (Lipinski definition) is 2. The number of aromatic nitrogens is 2. The summed E-state index contributed by atoms with van der Waals surface area (Å²) in [4.78, 5) is 34.3. The topological polar surface area (TPSA) is 78.1 Å². The normalized spacial score (nSPS) is 13.6. The van der Waals surface area contributed by atoms with Gasteiger partial charge in [0.15, 0.2) is 5.16 Å². The number of thioether (sulfide) groups is 1. The Morgan fingerprint density at radius 1 is 1.26 bits per heavy atom. The van der Waals surface area contributed by atoms with E-state index in [1.807, 2.05) is 18.2 Å². The van der Waals surface area contributed by atoms with Crippen LogP contribution in [0.1, 0.15) is 16.8 Å². The van der Waals surface area contributed by atoms with E-state index in [4.69, 9.17) is 11.6 Å². The first kappa shape index (κ1) is 21.5. The molecule has 6 nitrogen and oxygen atoms in total. The van der Waals surface area contributed by atoms with E-state index < -0.39 is 5.82 Å². The van der Waals surface area contributed by atoms with Crippen molar-refractivity contribution in [1.29, 1.82) is 0 Å². The van der Waals surface area contributed by atoms with Crippen molar-refractivity contribution in [2.24, 2.45) is 0 Å². The minimum atomic E-state index is -0.549. The van der Waals surface area contributed by atoms with Crippen LogP contribution >= 0.6 is 23.4 Å². The number of benzene rings is 2. The summed E-state index contributed by atoms with van der Waals surface area (Å²) >= 11 is 6.87. The second-order valence-corrected chi connectivity index (χ2v) is 8.58. The van der Waals surface area contributed by atoms with Crippen molar-refractivity contribution in [1.82, 2.24) is 14.9 Å². The van der Waals surface area contributed by atoms with Gasteiger partial charge in [-0.2, -0.15) is 0 Å². The van der Waals surface area contributed by atoms with Crippen molar-refractivity contribution in [2.45, 2.75) is 24.7 Å². The van der Waals surface area contributed by atoms with Gasteiger partial charge in [0, 0.05) is 31.7 Å². The van der Waals surface area contributed by atoms with Crippen molar-refractivity contribution in [3.63, 3.8) is 0 Å². The van der Waals surface area contributed by atoms with Crippen LogP contribution in [0.4, 0.5) is 10.1 Å². The Kier molecular flexibility index (Phi) is 6.70. The number of halogens is 2. The molecule has 0 bridgehead atoms. The van der Waals surface area contributed by atoms with Gasteiger partial charge >= 0.3 is 0 Å². The molecule has 9 heteroatoms. The average Bonchev–Trinajstić information content (AvgIpc) is 2.76. The third kappa shape index (κ3) is 5.52. The Bertz CT molecular complexity index is 1160. The second kappa shape index (κ2) is 9.64. The molecule has 3 aromatic rings. The SMILES string of the molecule is O=C(CSc1nc2c(c(=O)[nH]1)CN(Cc1ccccc1)CC2)Nc1ccc(F)c(Cl)c1. The predicted octanol–water partition coefficient (Wildman–Crippen LogP) is 3.85. The zero-order valence-corrected chi connectivity index (χ0v) is 18.1. The number of aromatic amines is 1. The molecule has 0 saturated heterocycles. The highest BCUT2D eigenvalue weighted by Crippen LogP contribution is 2.21. The molecule has 4 rings (SSSR count). The van der Waals surface area contributed by atoms with Crippen LogP contribution in [0.25, 0.3) is 0 Å². The summed E-state index contributed by atoms with van der Waals surface area (Å²) in [6.45, 7) is 2.14. The monoisotopic (exact) mass is 458 g/mol. The first-order valence-electron chi connectivity index (χ1n) is 9.74. The van der Waals surface area contributed by atoms with E-state index in [-0.39, 0.29) is 22.2 Å². The van der Waals surface area contributed by atoms with E-state index >= 15 is 0 Å². The molecule has 31 heavy (non-hydrogen) atoms. The van der Waals surface area contributed by atoms with Crippen LogP contribution < -0.4 is 10.9 Å². The van der Waals surface area contributed by atoms with Crippen LogP contribution in [0.5, 0.6) is 0 Å². The Hall–Kier alpha value is -2.68. The Morgan fingerprint density at radius 2 is 2.06 bits per heavy atom. The molecule has 2 heterocycles. The van der Waals surface area contributed by atoms with Crippen molar-refractivity contribution >= 4 is 35.0 Å². The summed E-state index contributed by atoms with van der Waals surface area (Å²) in [5.41, 5.74) is 2.90. The molecule has 0 radical (unpaired) electrons. The van der Waals surface area contributed by atoms with Crippen molar-refractivity contribution in [2.75, 3.05) is 17.6 Å². The lowest BCUT2D eigenvalue weighted by Gasteiger charge is -2.27. The van der Waals surface area contributed by atoms with E-state index in [0.29, 0.717) is 29.4 Å². The lowest BCUT2D eigenvalue weighted by Crippen LogP contribution is -2.35. The number of carbonyl (C=O) groups excluding carboxylic acids is 1. The van der Waals surface area contributed by atoms with Gasteiger partial charge in [-0.1, -0.05) is 53.7 Å². The molecule has 1 amide bonds. The number of nitrogens with zero attached hydrogens (tertiary/aromatic N) is 2. The van der Waals surface area contributed by atoms with Gasteiger partial charge in [0.05, 0.1) is 22.0 Å². The van der Waals surface area contributed by atoms with Crippen molar-refractivity contribution in [3.05, 3.63) is 86.5 Å². The molecule has 160 valence electrons. The van der Waals surface area contributed by atoms with E-state index in [1.165, 1.54) is 23.8 Å². The largest absolute Gasteiger partial charge is 0.325 e. The lowest BCUT2D eigenvalue weighted by atomic mass is 10.1. The van der Waals surface area contributed by atoms with Gasteiger partial charge in [0.1, 0.15) is 5.82 Å². The summed E-state index contributed by atoms with van der Waals surface area (Å²) in [6.07, 6.45) is 0.680. The summed E-state index contributed by atoms with van der Waals surface area (Å²) in [5.74, 6) is -0.800. The smallest absolute Gasteiger partial charge is 0.256 e.